The maximum Gasteiger partial charge on any atom is 0.343 e. The summed E-state index contributed by atoms with van der Waals surface area (Å²) in [6, 6.07) is 3.36. The van der Waals surface area contributed by atoms with Crippen molar-refractivity contribution in [3.05, 3.63) is 34.1 Å². The van der Waals surface area contributed by atoms with Gasteiger partial charge in [-0.05, 0) is 18.6 Å². The number of hydrogen-bond acceptors (Lipinski definition) is 5. The molecule has 2 rings (SSSR count). The number of hydrogen-bond donors (Lipinski definition) is 1. The van der Waals surface area contributed by atoms with Gasteiger partial charge in [0, 0.05) is 6.54 Å². The normalized spacial score (nSPS) is 10.7. The summed E-state index contributed by atoms with van der Waals surface area (Å²) in [6.07, 6.45) is 1.53. The van der Waals surface area contributed by atoms with Crippen molar-refractivity contribution in [1.29, 1.82) is 0 Å². The number of nitrogens with one attached hydrogen (secondary N) is 1. The van der Waals surface area contributed by atoms with Crippen LogP contribution in [0.15, 0.2) is 26.5 Å². The Morgan fingerprint density at radius 3 is 3.06 bits per heavy atom. The molecule has 2 heterocycles. The van der Waals surface area contributed by atoms with Crippen molar-refractivity contribution >= 4 is 18.0 Å². The molecule has 0 fully saturated rings. The molecule has 96 valence electrons. The molecule has 0 bridgehead atoms. The van der Waals surface area contributed by atoms with Gasteiger partial charge in [-0.25, -0.2) is 9.89 Å². The molecule has 18 heavy (non-hydrogen) atoms. The molecule has 0 saturated carbocycles. The molecule has 0 saturated heterocycles. The van der Waals surface area contributed by atoms with Crippen LogP contribution < -0.4 is 5.69 Å². The molecular weight excluding hydrogens is 254 g/mol. The van der Waals surface area contributed by atoms with Crippen LogP contribution in [0.2, 0.25) is 0 Å². The molecule has 0 unspecified atom stereocenters. The van der Waals surface area contributed by atoms with Crippen LogP contribution in [0.1, 0.15) is 29.7 Å². The standard InChI is InChI=1S/C11H13N3O3S/c1-2-5-14-10(16)12-13-11(14)18-7-9-4-3-8(6-15)17-9/h3-4,6H,2,5,7H2,1H3,(H,12,16). The summed E-state index contributed by atoms with van der Waals surface area (Å²) in [4.78, 5) is 21.9. The third-order valence-electron chi connectivity index (χ3n) is 2.31. The van der Waals surface area contributed by atoms with Gasteiger partial charge in [-0.15, -0.1) is 5.10 Å². The number of nitrogens with zero attached hydrogens (tertiary/aromatic N) is 2. The van der Waals surface area contributed by atoms with Crippen LogP contribution >= 0.6 is 11.8 Å². The third kappa shape index (κ3) is 2.73. The molecule has 0 aromatic carbocycles. The van der Waals surface area contributed by atoms with Crippen LogP contribution in [0.3, 0.4) is 0 Å². The first-order chi connectivity index (χ1) is 8.74. The fraction of sp³-hybridized carbons (Fsp3) is 0.364. The highest BCUT2D eigenvalue weighted by Gasteiger charge is 2.09. The monoisotopic (exact) mass is 267 g/mol. The Morgan fingerprint density at radius 2 is 2.39 bits per heavy atom. The first-order valence-corrected chi connectivity index (χ1v) is 6.55. The third-order valence-corrected chi connectivity index (χ3v) is 3.31. The van der Waals surface area contributed by atoms with Crippen LogP contribution in [-0.2, 0) is 12.3 Å². The van der Waals surface area contributed by atoms with Crippen molar-refractivity contribution in [3.63, 3.8) is 0 Å². The molecule has 0 atom stereocenters. The predicted molar refractivity (Wildman–Crippen MR) is 66.8 cm³/mol. The summed E-state index contributed by atoms with van der Waals surface area (Å²) in [5.74, 6) is 1.51. The molecule has 6 nitrogen and oxygen atoms in total. The first kappa shape index (κ1) is 12.7. The second-order valence-corrected chi connectivity index (χ2v) is 4.62. The lowest BCUT2D eigenvalue weighted by atomic mass is 10.4. The van der Waals surface area contributed by atoms with Crippen molar-refractivity contribution in [2.45, 2.75) is 30.8 Å². The van der Waals surface area contributed by atoms with Gasteiger partial charge in [-0.3, -0.25) is 9.36 Å². The smallest absolute Gasteiger partial charge is 0.343 e. The van der Waals surface area contributed by atoms with E-state index < -0.39 is 0 Å². The largest absolute Gasteiger partial charge is 0.457 e. The molecule has 0 aliphatic heterocycles. The number of furan rings is 1. The summed E-state index contributed by atoms with van der Waals surface area (Å²) >= 11 is 1.40. The van der Waals surface area contributed by atoms with E-state index in [4.69, 9.17) is 4.42 Å². The topological polar surface area (TPSA) is 80.9 Å². The molecular formula is C11H13N3O3S. The van der Waals surface area contributed by atoms with E-state index in [1.54, 1.807) is 16.7 Å². The molecule has 7 heteroatoms. The van der Waals surface area contributed by atoms with E-state index in [0.717, 1.165) is 6.42 Å². The second kappa shape index (κ2) is 5.72. The van der Waals surface area contributed by atoms with Gasteiger partial charge in [0.25, 0.3) is 0 Å². The van der Waals surface area contributed by atoms with Crippen LogP contribution in [0.4, 0.5) is 0 Å². The van der Waals surface area contributed by atoms with E-state index in [-0.39, 0.29) is 5.69 Å². The van der Waals surface area contributed by atoms with Gasteiger partial charge in [0.05, 0.1) is 5.75 Å². The van der Waals surface area contributed by atoms with Crippen LogP contribution in [0.25, 0.3) is 0 Å². The summed E-state index contributed by atoms with van der Waals surface area (Å²) in [6.45, 7) is 2.63. The molecule has 0 aliphatic carbocycles. The van der Waals surface area contributed by atoms with Crippen molar-refractivity contribution in [1.82, 2.24) is 14.8 Å². The minimum absolute atomic E-state index is 0.202. The molecule has 0 spiro atoms. The van der Waals surface area contributed by atoms with Crippen molar-refractivity contribution < 1.29 is 9.21 Å². The maximum absolute atomic E-state index is 11.5. The Morgan fingerprint density at radius 1 is 1.56 bits per heavy atom. The zero-order chi connectivity index (χ0) is 13.0. The number of aromatic nitrogens is 3. The van der Waals surface area contributed by atoms with Gasteiger partial charge in [-0.1, -0.05) is 18.7 Å². The minimum Gasteiger partial charge on any atom is -0.457 e. The molecule has 2 aromatic rings. The van der Waals surface area contributed by atoms with Crippen LogP contribution in [0.5, 0.6) is 0 Å². The van der Waals surface area contributed by atoms with Gasteiger partial charge < -0.3 is 4.42 Å². The molecule has 2 aromatic heterocycles. The van der Waals surface area contributed by atoms with Gasteiger partial charge in [0.1, 0.15) is 5.76 Å². The Kier molecular flexibility index (Phi) is 4.03. The van der Waals surface area contributed by atoms with E-state index in [1.807, 2.05) is 6.92 Å². The molecule has 0 aliphatic rings. The van der Waals surface area contributed by atoms with E-state index in [9.17, 15) is 9.59 Å². The van der Waals surface area contributed by atoms with Gasteiger partial charge in [-0.2, -0.15) is 0 Å². The fourth-order valence-corrected chi connectivity index (χ4v) is 2.37. The van der Waals surface area contributed by atoms with E-state index >= 15 is 0 Å². The Bertz CT molecular complexity index is 584. The number of carbonyl (C=O) groups is 1. The predicted octanol–water partition coefficient (Wildman–Crippen LogP) is 1.68. The Hall–Kier alpha value is -1.76. The van der Waals surface area contributed by atoms with E-state index in [0.29, 0.717) is 35.3 Å². The SMILES string of the molecule is CCCn1c(SCc2ccc(C=O)o2)n[nH]c1=O. The number of aromatic amines is 1. The molecule has 1 N–H and O–H groups in total. The van der Waals surface area contributed by atoms with Crippen molar-refractivity contribution in [2.24, 2.45) is 0 Å². The molecule has 0 radical (unpaired) electrons. The van der Waals surface area contributed by atoms with E-state index in [1.165, 1.54) is 11.8 Å². The van der Waals surface area contributed by atoms with Gasteiger partial charge in [0.15, 0.2) is 17.2 Å². The quantitative estimate of drug-likeness (QED) is 0.636. The summed E-state index contributed by atoms with van der Waals surface area (Å²) < 4.78 is 6.84. The number of rotatable bonds is 6. The van der Waals surface area contributed by atoms with Crippen LogP contribution in [-0.4, -0.2) is 21.1 Å². The van der Waals surface area contributed by atoms with Gasteiger partial charge >= 0.3 is 5.69 Å². The number of thioether (sulfide) groups is 1. The highest BCUT2D eigenvalue weighted by molar-refractivity contribution is 7.98. The lowest BCUT2D eigenvalue weighted by molar-refractivity contribution is 0.109. The summed E-state index contributed by atoms with van der Waals surface area (Å²) in [7, 11) is 0. The average molecular weight is 267 g/mol. The lowest BCUT2D eigenvalue weighted by Gasteiger charge is -2.01. The highest BCUT2D eigenvalue weighted by atomic mass is 32.2. The van der Waals surface area contributed by atoms with Crippen molar-refractivity contribution in [3.8, 4) is 0 Å². The minimum atomic E-state index is -0.202. The average Bonchev–Trinajstić information content (AvgIpc) is 2.96. The summed E-state index contributed by atoms with van der Waals surface area (Å²) in [5.41, 5.74) is -0.202. The number of carbonyl (C=O) groups excluding carboxylic acids is 1. The second-order valence-electron chi connectivity index (χ2n) is 3.67. The number of H-pyrrole nitrogens is 1. The zero-order valence-electron chi connectivity index (χ0n) is 9.88. The van der Waals surface area contributed by atoms with E-state index in [2.05, 4.69) is 10.2 Å². The number of aldehydes is 1. The maximum atomic E-state index is 11.5. The van der Waals surface area contributed by atoms with Crippen LogP contribution in [0, 0.1) is 0 Å². The van der Waals surface area contributed by atoms with Crippen molar-refractivity contribution in [2.75, 3.05) is 0 Å². The lowest BCUT2D eigenvalue weighted by Crippen LogP contribution is -2.17. The summed E-state index contributed by atoms with van der Waals surface area (Å²) in [5, 5.41) is 7.01. The Balaban J connectivity index is 2.05. The fourth-order valence-electron chi connectivity index (χ4n) is 1.51. The first-order valence-electron chi connectivity index (χ1n) is 5.56. The molecule has 0 amide bonds. The van der Waals surface area contributed by atoms with Gasteiger partial charge in [0.2, 0.25) is 0 Å². The Labute approximate surface area is 107 Å². The zero-order valence-corrected chi connectivity index (χ0v) is 10.7. The highest BCUT2D eigenvalue weighted by Crippen LogP contribution is 2.20.